The topological polar surface area (TPSA) is 85.9 Å². The molecule has 130 valence electrons. The van der Waals surface area contributed by atoms with E-state index in [9.17, 15) is 9.59 Å². The second kappa shape index (κ2) is 8.24. The Bertz CT molecular complexity index is 640. The summed E-state index contributed by atoms with van der Waals surface area (Å²) < 4.78 is 15.7. The lowest BCUT2D eigenvalue weighted by atomic mass is 10.0. The third-order valence-electron chi connectivity index (χ3n) is 3.34. The van der Waals surface area contributed by atoms with Crippen LogP contribution in [0.5, 0.6) is 5.75 Å². The van der Waals surface area contributed by atoms with Gasteiger partial charge in [-0.25, -0.2) is 0 Å². The SMILES string of the molecule is Cc1ccc(C(C)C)c(OCC(=O)NNC(=O)C2=COCCO2)c1. The number of nitrogens with one attached hydrogen (secondary N) is 2. The van der Waals surface area contributed by atoms with Gasteiger partial charge in [0.25, 0.3) is 5.91 Å². The van der Waals surface area contributed by atoms with Crippen molar-refractivity contribution in [3.05, 3.63) is 41.3 Å². The number of carbonyl (C=O) groups is 2. The summed E-state index contributed by atoms with van der Waals surface area (Å²) in [7, 11) is 0. The number of ether oxygens (including phenoxy) is 3. The van der Waals surface area contributed by atoms with Crippen LogP contribution in [0.4, 0.5) is 0 Å². The van der Waals surface area contributed by atoms with Crippen molar-refractivity contribution < 1.29 is 23.8 Å². The van der Waals surface area contributed by atoms with Gasteiger partial charge in [0.2, 0.25) is 5.76 Å². The minimum absolute atomic E-state index is 0.0169. The molecule has 24 heavy (non-hydrogen) atoms. The van der Waals surface area contributed by atoms with Crippen molar-refractivity contribution in [2.75, 3.05) is 19.8 Å². The summed E-state index contributed by atoms with van der Waals surface area (Å²) in [5.74, 6) is -0.0986. The Morgan fingerprint density at radius 2 is 2.04 bits per heavy atom. The number of carbonyl (C=O) groups excluding carboxylic acids is 2. The number of amides is 2. The summed E-state index contributed by atoms with van der Waals surface area (Å²) in [6.45, 7) is 6.54. The van der Waals surface area contributed by atoms with E-state index in [2.05, 4.69) is 24.7 Å². The van der Waals surface area contributed by atoms with Crippen molar-refractivity contribution in [2.45, 2.75) is 26.7 Å². The van der Waals surface area contributed by atoms with Gasteiger partial charge in [-0.3, -0.25) is 20.4 Å². The van der Waals surface area contributed by atoms with E-state index in [4.69, 9.17) is 14.2 Å². The molecule has 0 saturated heterocycles. The maximum Gasteiger partial charge on any atom is 0.308 e. The van der Waals surface area contributed by atoms with Crippen LogP contribution in [-0.2, 0) is 19.1 Å². The van der Waals surface area contributed by atoms with Gasteiger partial charge in [-0.05, 0) is 30.0 Å². The second-order valence-corrected chi connectivity index (χ2v) is 5.69. The zero-order valence-corrected chi connectivity index (χ0v) is 14.0. The first-order valence-corrected chi connectivity index (χ1v) is 7.74. The minimum atomic E-state index is -0.582. The normalized spacial score (nSPS) is 13.4. The van der Waals surface area contributed by atoms with Gasteiger partial charge in [0.1, 0.15) is 25.2 Å². The molecule has 2 N–H and O–H groups in total. The molecule has 2 rings (SSSR count). The van der Waals surface area contributed by atoms with E-state index in [-0.39, 0.29) is 18.3 Å². The van der Waals surface area contributed by atoms with Gasteiger partial charge in [-0.2, -0.15) is 0 Å². The highest BCUT2D eigenvalue weighted by Gasteiger charge is 2.16. The number of hydrogen-bond donors (Lipinski definition) is 2. The van der Waals surface area contributed by atoms with E-state index in [1.54, 1.807) is 0 Å². The molecule has 7 heteroatoms. The monoisotopic (exact) mass is 334 g/mol. The molecule has 0 fully saturated rings. The minimum Gasteiger partial charge on any atom is -0.494 e. The second-order valence-electron chi connectivity index (χ2n) is 5.69. The van der Waals surface area contributed by atoms with Crippen LogP contribution < -0.4 is 15.6 Å². The van der Waals surface area contributed by atoms with E-state index >= 15 is 0 Å². The lowest BCUT2D eigenvalue weighted by Crippen LogP contribution is -2.45. The molecule has 0 bridgehead atoms. The Hall–Kier alpha value is -2.70. The first-order valence-electron chi connectivity index (χ1n) is 7.74. The van der Waals surface area contributed by atoms with Gasteiger partial charge >= 0.3 is 5.91 Å². The lowest BCUT2D eigenvalue weighted by molar-refractivity contribution is -0.130. The molecule has 1 aliphatic rings. The number of rotatable bonds is 5. The maximum atomic E-state index is 11.8. The molecular weight excluding hydrogens is 312 g/mol. The summed E-state index contributed by atoms with van der Waals surface area (Å²) in [5, 5.41) is 0. The fourth-order valence-corrected chi connectivity index (χ4v) is 2.10. The quantitative estimate of drug-likeness (QED) is 0.798. The smallest absolute Gasteiger partial charge is 0.308 e. The molecule has 0 radical (unpaired) electrons. The van der Waals surface area contributed by atoms with Crippen LogP contribution in [0.3, 0.4) is 0 Å². The number of hydrogen-bond acceptors (Lipinski definition) is 5. The average molecular weight is 334 g/mol. The standard InChI is InChI=1S/C17H22N2O5/c1-11(2)13-5-4-12(3)8-14(13)24-10-16(20)18-19-17(21)15-9-22-6-7-23-15/h4-5,8-9,11H,6-7,10H2,1-3H3,(H,18,20)(H,19,21). The molecule has 7 nitrogen and oxygen atoms in total. The Balaban J connectivity index is 1.84. The molecule has 0 aromatic heterocycles. The molecule has 0 spiro atoms. The molecule has 0 atom stereocenters. The largest absolute Gasteiger partial charge is 0.494 e. The summed E-state index contributed by atoms with van der Waals surface area (Å²) in [6.07, 6.45) is 1.21. The predicted molar refractivity (Wildman–Crippen MR) is 87.0 cm³/mol. The van der Waals surface area contributed by atoms with Crippen molar-refractivity contribution in [2.24, 2.45) is 0 Å². The van der Waals surface area contributed by atoms with Gasteiger partial charge in [0, 0.05) is 0 Å². The zero-order chi connectivity index (χ0) is 17.5. The highest BCUT2D eigenvalue weighted by molar-refractivity contribution is 5.92. The highest BCUT2D eigenvalue weighted by atomic mass is 16.6. The molecule has 0 unspecified atom stereocenters. The average Bonchev–Trinajstić information content (AvgIpc) is 2.58. The van der Waals surface area contributed by atoms with E-state index in [1.165, 1.54) is 6.26 Å². The summed E-state index contributed by atoms with van der Waals surface area (Å²) in [4.78, 5) is 23.6. The van der Waals surface area contributed by atoms with Gasteiger partial charge < -0.3 is 14.2 Å². The fourth-order valence-electron chi connectivity index (χ4n) is 2.10. The van der Waals surface area contributed by atoms with Crippen molar-refractivity contribution in [1.29, 1.82) is 0 Å². The van der Waals surface area contributed by atoms with Crippen molar-refractivity contribution in [1.82, 2.24) is 10.9 Å². The Kier molecular flexibility index (Phi) is 6.06. The summed E-state index contributed by atoms with van der Waals surface area (Å²) in [6, 6.07) is 5.88. The van der Waals surface area contributed by atoms with Crippen LogP contribution in [0, 0.1) is 6.92 Å². The van der Waals surface area contributed by atoms with Gasteiger partial charge in [-0.1, -0.05) is 26.0 Å². The Labute approximate surface area is 140 Å². The van der Waals surface area contributed by atoms with Crippen LogP contribution in [-0.4, -0.2) is 31.6 Å². The summed E-state index contributed by atoms with van der Waals surface area (Å²) in [5.41, 5.74) is 6.59. The first kappa shape index (κ1) is 17.7. The number of hydrazine groups is 1. The highest BCUT2D eigenvalue weighted by Crippen LogP contribution is 2.27. The van der Waals surface area contributed by atoms with E-state index in [0.717, 1.165) is 11.1 Å². The molecule has 0 aliphatic carbocycles. The van der Waals surface area contributed by atoms with Crippen molar-refractivity contribution in [3.63, 3.8) is 0 Å². The fraction of sp³-hybridized carbons (Fsp3) is 0.412. The third-order valence-corrected chi connectivity index (χ3v) is 3.34. The van der Waals surface area contributed by atoms with Crippen LogP contribution in [0.2, 0.25) is 0 Å². The lowest BCUT2D eigenvalue weighted by Gasteiger charge is -2.16. The third kappa shape index (κ3) is 4.91. The molecule has 1 aromatic carbocycles. The van der Waals surface area contributed by atoms with Crippen molar-refractivity contribution in [3.8, 4) is 5.75 Å². The van der Waals surface area contributed by atoms with Gasteiger partial charge in [0.15, 0.2) is 6.61 Å². The van der Waals surface area contributed by atoms with Crippen molar-refractivity contribution >= 4 is 11.8 Å². The molecular formula is C17H22N2O5. The molecule has 1 heterocycles. The van der Waals surface area contributed by atoms with E-state index in [0.29, 0.717) is 19.0 Å². The first-order chi connectivity index (χ1) is 11.5. The number of benzene rings is 1. The van der Waals surface area contributed by atoms with Crippen LogP contribution in [0.1, 0.15) is 30.9 Å². The Morgan fingerprint density at radius 1 is 1.25 bits per heavy atom. The Morgan fingerprint density at radius 3 is 2.71 bits per heavy atom. The molecule has 2 amide bonds. The molecule has 1 aromatic rings. The molecule has 1 aliphatic heterocycles. The maximum absolute atomic E-state index is 11.8. The van der Waals surface area contributed by atoms with Gasteiger partial charge in [-0.15, -0.1) is 0 Å². The van der Waals surface area contributed by atoms with Crippen LogP contribution in [0.15, 0.2) is 30.2 Å². The predicted octanol–water partition coefficient (Wildman–Crippen LogP) is 1.53. The van der Waals surface area contributed by atoms with E-state index in [1.807, 2.05) is 25.1 Å². The number of aryl methyl sites for hydroxylation is 1. The van der Waals surface area contributed by atoms with Crippen LogP contribution >= 0.6 is 0 Å². The molecule has 0 saturated carbocycles. The summed E-state index contributed by atoms with van der Waals surface area (Å²) >= 11 is 0. The van der Waals surface area contributed by atoms with E-state index < -0.39 is 11.8 Å². The zero-order valence-electron chi connectivity index (χ0n) is 14.0. The van der Waals surface area contributed by atoms with Gasteiger partial charge in [0.05, 0.1) is 0 Å². The van der Waals surface area contributed by atoms with Crippen LogP contribution in [0.25, 0.3) is 0 Å².